The number of hydrogen-bond acceptors (Lipinski definition) is 4. The first kappa shape index (κ1) is 15.5. The Bertz CT molecular complexity index is 586. The van der Waals surface area contributed by atoms with Crippen molar-refractivity contribution in [1.29, 1.82) is 0 Å². The SMILES string of the molecule is CC(=O)N[C@@H]1C[C@@H]2CN(C(=O)c3sccc3C)C[C@@H]2C[C@H]1O. The molecule has 2 heterocycles. The van der Waals surface area contributed by atoms with E-state index in [1.54, 1.807) is 0 Å². The van der Waals surface area contributed by atoms with E-state index in [0.29, 0.717) is 24.8 Å². The molecule has 5 nitrogen and oxygen atoms in total. The van der Waals surface area contributed by atoms with E-state index in [1.807, 2.05) is 23.3 Å². The Morgan fingerprint density at radius 2 is 2.00 bits per heavy atom. The zero-order chi connectivity index (χ0) is 15.9. The van der Waals surface area contributed by atoms with E-state index in [-0.39, 0.29) is 17.9 Å². The van der Waals surface area contributed by atoms with E-state index in [1.165, 1.54) is 18.3 Å². The lowest BCUT2D eigenvalue weighted by molar-refractivity contribution is -0.121. The van der Waals surface area contributed by atoms with Crippen LogP contribution in [0, 0.1) is 18.8 Å². The fourth-order valence-electron chi connectivity index (χ4n) is 3.75. The molecule has 4 atom stereocenters. The molecule has 3 rings (SSSR count). The average Bonchev–Trinajstić information content (AvgIpc) is 3.04. The lowest BCUT2D eigenvalue weighted by Gasteiger charge is -2.35. The van der Waals surface area contributed by atoms with E-state index >= 15 is 0 Å². The van der Waals surface area contributed by atoms with Crippen molar-refractivity contribution in [3.63, 3.8) is 0 Å². The molecular weight excluding hydrogens is 300 g/mol. The molecule has 2 aliphatic rings. The lowest BCUT2D eigenvalue weighted by Crippen LogP contribution is -2.48. The highest BCUT2D eigenvalue weighted by atomic mass is 32.1. The second-order valence-corrected chi connectivity index (χ2v) is 7.42. The summed E-state index contributed by atoms with van der Waals surface area (Å²) >= 11 is 1.49. The van der Waals surface area contributed by atoms with Gasteiger partial charge in [0.2, 0.25) is 5.91 Å². The number of rotatable bonds is 2. The molecular formula is C16H22N2O3S. The third kappa shape index (κ3) is 2.90. The molecule has 1 saturated carbocycles. The summed E-state index contributed by atoms with van der Waals surface area (Å²) in [4.78, 5) is 26.6. The number of amides is 2. The number of fused-ring (bicyclic) bond motifs is 1. The Labute approximate surface area is 134 Å². The monoisotopic (exact) mass is 322 g/mol. The van der Waals surface area contributed by atoms with Crippen LogP contribution in [0.4, 0.5) is 0 Å². The maximum atomic E-state index is 12.6. The molecule has 0 radical (unpaired) electrons. The number of aliphatic hydroxyl groups is 1. The number of carbonyl (C=O) groups excluding carboxylic acids is 2. The number of hydrogen-bond donors (Lipinski definition) is 2. The summed E-state index contributed by atoms with van der Waals surface area (Å²) in [5.74, 6) is 0.698. The van der Waals surface area contributed by atoms with Crippen LogP contribution in [0.15, 0.2) is 11.4 Å². The van der Waals surface area contributed by atoms with Crippen LogP contribution in [0.2, 0.25) is 0 Å². The zero-order valence-corrected chi connectivity index (χ0v) is 13.7. The van der Waals surface area contributed by atoms with Gasteiger partial charge in [-0.3, -0.25) is 9.59 Å². The molecule has 0 bridgehead atoms. The van der Waals surface area contributed by atoms with Gasteiger partial charge in [0.25, 0.3) is 5.91 Å². The zero-order valence-electron chi connectivity index (χ0n) is 12.9. The van der Waals surface area contributed by atoms with Crippen LogP contribution in [-0.2, 0) is 4.79 Å². The van der Waals surface area contributed by atoms with Gasteiger partial charge in [-0.2, -0.15) is 0 Å². The van der Waals surface area contributed by atoms with Gasteiger partial charge in [-0.05, 0) is 48.6 Å². The summed E-state index contributed by atoms with van der Waals surface area (Å²) < 4.78 is 0. The Hall–Kier alpha value is -1.40. The van der Waals surface area contributed by atoms with Crippen molar-refractivity contribution < 1.29 is 14.7 Å². The van der Waals surface area contributed by atoms with E-state index in [0.717, 1.165) is 23.4 Å². The van der Waals surface area contributed by atoms with Crippen molar-refractivity contribution in [2.45, 2.75) is 38.8 Å². The largest absolute Gasteiger partial charge is 0.391 e. The van der Waals surface area contributed by atoms with Gasteiger partial charge in [0.15, 0.2) is 0 Å². The molecule has 2 N–H and O–H groups in total. The van der Waals surface area contributed by atoms with Crippen molar-refractivity contribution in [3.8, 4) is 0 Å². The van der Waals surface area contributed by atoms with Gasteiger partial charge >= 0.3 is 0 Å². The van der Waals surface area contributed by atoms with Crippen molar-refractivity contribution in [2.75, 3.05) is 13.1 Å². The molecule has 2 amide bonds. The van der Waals surface area contributed by atoms with Crippen LogP contribution < -0.4 is 5.32 Å². The molecule has 1 aliphatic carbocycles. The van der Waals surface area contributed by atoms with Gasteiger partial charge in [0.1, 0.15) is 0 Å². The summed E-state index contributed by atoms with van der Waals surface area (Å²) in [5, 5.41) is 15.0. The summed E-state index contributed by atoms with van der Waals surface area (Å²) in [6.45, 7) is 4.88. The van der Waals surface area contributed by atoms with Crippen LogP contribution in [0.5, 0.6) is 0 Å². The van der Waals surface area contributed by atoms with Crippen LogP contribution in [0.3, 0.4) is 0 Å². The second kappa shape index (κ2) is 6.01. The Morgan fingerprint density at radius 1 is 1.32 bits per heavy atom. The number of carbonyl (C=O) groups is 2. The summed E-state index contributed by atoms with van der Waals surface area (Å²) in [6.07, 6.45) is 0.894. The first-order valence-electron chi connectivity index (χ1n) is 7.74. The van der Waals surface area contributed by atoms with Crippen molar-refractivity contribution in [1.82, 2.24) is 10.2 Å². The van der Waals surface area contributed by atoms with Crippen molar-refractivity contribution in [3.05, 3.63) is 21.9 Å². The predicted molar refractivity (Wildman–Crippen MR) is 84.8 cm³/mol. The molecule has 2 fully saturated rings. The minimum Gasteiger partial charge on any atom is -0.391 e. The van der Waals surface area contributed by atoms with Crippen LogP contribution in [0.25, 0.3) is 0 Å². The van der Waals surface area contributed by atoms with Gasteiger partial charge in [0, 0.05) is 20.0 Å². The summed E-state index contributed by atoms with van der Waals surface area (Å²) in [6, 6.07) is 1.79. The third-order valence-electron chi connectivity index (χ3n) is 4.87. The maximum Gasteiger partial charge on any atom is 0.264 e. The minimum atomic E-state index is -0.510. The van der Waals surface area contributed by atoms with Gasteiger partial charge < -0.3 is 15.3 Å². The molecule has 1 aliphatic heterocycles. The molecule has 1 aromatic rings. The number of nitrogens with zero attached hydrogens (tertiary/aromatic N) is 1. The standard InChI is InChI=1S/C16H22N2O3S/c1-9-3-4-22-15(9)16(21)18-7-11-5-13(17-10(2)19)14(20)6-12(11)8-18/h3-4,11-14,20H,5-8H2,1-2H3,(H,17,19)/t11-,12+,13-,14-/m1/s1. The topological polar surface area (TPSA) is 69.6 Å². The fraction of sp³-hybridized carbons (Fsp3) is 0.625. The van der Waals surface area contributed by atoms with E-state index in [9.17, 15) is 14.7 Å². The molecule has 1 aromatic heterocycles. The van der Waals surface area contributed by atoms with E-state index < -0.39 is 6.10 Å². The highest BCUT2D eigenvalue weighted by molar-refractivity contribution is 7.12. The number of nitrogens with one attached hydrogen (secondary N) is 1. The highest BCUT2D eigenvalue weighted by Gasteiger charge is 2.43. The molecule has 0 spiro atoms. The van der Waals surface area contributed by atoms with Crippen LogP contribution in [0.1, 0.15) is 35.0 Å². The van der Waals surface area contributed by atoms with Crippen molar-refractivity contribution in [2.24, 2.45) is 11.8 Å². The molecule has 22 heavy (non-hydrogen) atoms. The molecule has 1 saturated heterocycles. The van der Waals surface area contributed by atoms with Crippen molar-refractivity contribution >= 4 is 23.2 Å². The second-order valence-electron chi connectivity index (χ2n) is 6.51. The smallest absolute Gasteiger partial charge is 0.264 e. The number of aryl methyl sites for hydroxylation is 1. The Balaban J connectivity index is 1.68. The van der Waals surface area contributed by atoms with Gasteiger partial charge in [-0.1, -0.05) is 0 Å². The molecule has 6 heteroatoms. The first-order valence-corrected chi connectivity index (χ1v) is 8.62. The maximum absolute atomic E-state index is 12.6. The lowest BCUT2D eigenvalue weighted by atomic mass is 9.77. The molecule has 0 unspecified atom stereocenters. The third-order valence-corrected chi connectivity index (χ3v) is 5.88. The van der Waals surface area contributed by atoms with Crippen LogP contribution in [-0.4, -0.2) is 47.1 Å². The van der Waals surface area contributed by atoms with Gasteiger partial charge in [-0.15, -0.1) is 11.3 Å². The molecule has 0 aromatic carbocycles. The average molecular weight is 322 g/mol. The van der Waals surface area contributed by atoms with E-state index in [2.05, 4.69) is 5.32 Å². The Kier molecular flexibility index (Phi) is 4.23. The quantitative estimate of drug-likeness (QED) is 0.865. The molecule has 120 valence electrons. The normalized spacial score (nSPS) is 31.0. The van der Waals surface area contributed by atoms with E-state index in [4.69, 9.17) is 0 Å². The summed E-state index contributed by atoms with van der Waals surface area (Å²) in [7, 11) is 0. The predicted octanol–water partition coefficient (Wildman–Crippen LogP) is 1.40. The highest BCUT2D eigenvalue weighted by Crippen LogP contribution is 2.37. The first-order chi connectivity index (χ1) is 10.5. The Morgan fingerprint density at radius 3 is 2.59 bits per heavy atom. The number of likely N-dealkylation sites (tertiary alicyclic amines) is 1. The number of thiophene rings is 1. The minimum absolute atomic E-state index is 0.104. The van der Waals surface area contributed by atoms with Crippen LogP contribution >= 0.6 is 11.3 Å². The van der Waals surface area contributed by atoms with Gasteiger partial charge in [-0.25, -0.2) is 0 Å². The number of aliphatic hydroxyl groups excluding tert-OH is 1. The van der Waals surface area contributed by atoms with Gasteiger partial charge in [0.05, 0.1) is 17.0 Å². The fourth-order valence-corrected chi connectivity index (χ4v) is 4.64. The summed E-state index contributed by atoms with van der Waals surface area (Å²) in [5.41, 5.74) is 1.03.